The second kappa shape index (κ2) is 11.2. The highest BCUT2D eigenvalue weighted by molar-refractivity contribution is 6.03. The third-order valence-corrected chi connectivity index (χ3v) is 8.50. The van der Waals surface area contributed by atoms with Gasteiger partial charge in [0, 0.05) is 42.8 Å². The van der Waals surface area contributed by atoms with Gasteiger partial charge < -0.3 is 18.9 Å². The van der Waals surface area contributed by atoms with Crippen LogP contribution in [0.25, 0.3) is 32.9 Å². The molecule has 1 N–H and O–H groups in total. The Balaban J connectivity index is 1.39. The number of methoxy groups -OCH3 is 1. The number of hydrogen-bond donors (Lipinski definition) is 1. The number of halogens is 2. The minimum absolute atomic E-state index is 0.00472. The van der Waals surface area contributed by atoms with Crippen LogP contribution in [0, 0.1) is 29.4 Å². The number of nitrogens with one attached hydrogen (secondary N) is 1. The summed E-state index contributed by atoms with van der Waals surface area (Å²) in [7, 11) is 1.50. The summed E-state index contributed by atoms with van der Waals surface area (Å²) in [4.78, 5) is 13.8. The lowest BCUT2D eigenvalue weighted by Crippen LogP contribution is -2.39. The molecule has 1 saturated carbocycles. The smallest absolute Gasteiger partial charge is 0.319 e. The van der Waals surface area contributed by atoms with Crippen LogP contribution < -0.4 is 19.9 Å². The van der Waals surface area contributed by atoms with Gasteiger partial charge in [-0.25, -0.2) is 14.2 Å². The highest BCUT2D eigenvalue weighted by Crippen LogP contribution is 2.50. The maximum Gasteiger partial charge on any atom is 0.319 e. The van der Waals surface area contributed by atoms with Crippen molar-refractivity contribution in [3.05, 3.63) is 47.7 Å². The molecule has 5 heterocycles. The molecule has 4 aromatic rings. The van der Waals surface area contributed by atoms with E-state index in [0.29, 0.717) is 53.6 Å². The van der Waals surface area contributed by atoms with Crippen LogP contribution >= 0.6 is 0 Å². The number of terminal acetylenes is 1. The first-order valence-corrected chi connectivity index (χ1v) is 14.5. The number of aromatic nitrogens is 3. The number of pyridine rings is 1. The Morgan fingerprint density at radius 3 is 2.84 bits per heavy atom. The molecule has 4 fully saturated rings. The van der Waals surface area contributed by atoms with Gasteiger partial charge in [0.2, 0.25) is 0 Å². The van der Waals surface area contributed by atoms with Crippen LogP contribution in [-0.2, 0) is 9.47 Å². The Bertz CT molecular complexity index is 1740. The number of rotatable bonds is 8. The van der Waals surface area contributed by atoms with Crippen LogP contribution in [0.3, 0.4) is 0 Å². The van der Waals surface area contributed by atoms with E-state index < -0.39 is 11.6 Å². The first-order valence-electron chi connectivity index (χ1n) is 14.5. The summed E-state index contributed by atoms with van der Waals surface area (Å²) >= 11 is 0. The van der Waals surface area contributed by atoms with Crippen molar-refractivity contribution in [2.24, 2.45) is 5.41 Å². The molecule has 9 nitrogen and oxygen atoms in total. The molecule has 3 saturated heterocycles. The summed E-state index contributed by atoms with van der Waals surface area (Å²) in [6, 6.07) is 6.21. The van der Waals surface area contributed by atoms with Crippen molar-refractivity contribution in [2.45, 2.75) is 38.2 Å². The van der Waals surface area contributed by atoms with Gasteiger partial charge in [0.25, 0.3) is 0 Å². The molecule has 8 rings (SSSR count). The van der Waals surface area contributed by atoms with Gasteiger partial charge in [-0.3, -0.25) is 9.99 Å². The number of nitrogens with zero attached hydrogens (tertiary/aromatic N) is 4. The summed E-state index contributed by atoms with van der Waals surface area (Å²) < 4.78 is 54.3. The maximum absolute atomic E-state index is 16.8. The topological polar surface area (TPSA) is 90.9 Å². The van der Waals surface area contributed by atoms with E-state index in [-0.39, 0.29) is 40.6 Å². The van der Waals surface area contributed by atoms with Crippen LogP contribution in [0.2, 0.25) is 0 Å². The van der Waals surface area contributed by atoms with Gasteiger partial charge in [-0.2, -0.15) is 9.97 Å². The van der Waals surface area contributed by atoms with E-state index in [4.69, 9.17) is 30.4 Å². The van der Waals surface area contributed by atoms with Crippen LogP contribution in [-0.4, -0.2) is 61.3 Å². The number of benzene rings is 2. The van der Waals surface area contributed by atoms with E-state index in [2.05, 4.69) is 21.3 Å². The van der Waals surface area contributed by atoms with Gasteiger partial charge in [0.1, 0.15) is 22.8 Å². The summed E-state index contributed by atoms with van der Waals surface area (Å²) in [5.41, 5.74) is 3.61. The third kappa shape index (κ3) is 4.99. The molecule has 2 bridgehead atoms. The average Bonchev–Trinajstić information content (AvgIpc) is 3.50. The molecule has 0 spiro atoms. The average molecular weight is 588 g/mol. The first kappa shape index (κ1) is 27.7. The van der Waals surface area contributed by atoms with Crippen LogP contribution in [0.4, 0.5) is 14.6 Å². The molecule has 1 aliphatic carbocycles. The molecule has 0 amide bonds. The fourth-order valence-corrected chi connectivity index (χ4v) is 6.29. The van der Waals surface area contributed by atoms with Gasteiger partial charge in [0.05, 0.1) is 30.3 Å². The van der Waals surface area contributed by atoms with Gasteiger partial charge in [0.15, 0.2) is 18.4 Å². The van der Waals surface area contributed by atoms with E-state index in [1.54, 1.807) is 24.4 Å². The fourth-order valence-electron chi connectivity index (χ4n) is 6.29. The second-order valence-electron chi connectivity index (χ2n) is 11.4. The Morgan fingerprint density at radius 2 is 2.05 bits per heavy atom. The van der Waals surface area contributed by atoms with Crippen molar-refractivity contribution in [1.29, 1.82) is 0 Å². The number of hydrazine groups is 1. The number of hydrogen-bond acceptors (Lipinski definition) is 9. The summed E-state index contributed by atoms with van der Waals surface area (Å²) in [5.74, 6) is 2.00. The molecule has 4 aliphatic rings. The van der Waals surface area contributed by atoms with E-state index in [0.717, 1.165) is 38.6 Å². The minimum atomic E-state index is -0.704. The van der Waals surface area contributed by atoms with E-state index >= 15 is 4.39 Å². The Morgan fingerprint density at radius 1 is 1.16 bits per heavy atom. The third-order valence-electron chi connectivity index (χ3n) is 8.50. The lowest BCUT2D eigenvalue weighted by atomic mass is 9.71. The molecular weight excluding hydrogens is 556 g/mol. The fraction of sp³-hybridized carbons (Fsp3) is 0.406. The summed E-state index contributed by atoms with van der Waals surface area (Å²) in [5, 5.41) is 3.25. The van der Waals surface area contributed by atoms with E-state index in [9.17, 15) is 4.39 Å². The highest BCUT2D eigenvalue weighted by atomic mass is 19.1. The lowest BCUT2D eigenvalue weighted by Gasteiger charge is -2.34. The summed E-state index contributed by atoms with van der Waals surface area (Å²) in [6.45, 7) is 2.43. The minimum Gasteiger partial charge on any atom is -0.468 e. The van der Waals surface area contributed by atoms with Crippen molar-refractivity contribution < 1.29 is 27.7 Å². The monoisotopic (exact) mass is 587 g/mol. The van der Waals surface area contributed by atoms with Gasteiger partial charge >= 0.3 is 6.01 Å². The lowest BCUT2D eigenvalue weighted by molar-refractivity contribution is 0.0512. The molecule has 43 heavy (non-hydrogen) atoms. The van der Waals surface area contributed by atoms with Crippen molar-refractivity contribution in [3.8, 4) is 35.4 Å². The number of ether oxygens (including phenoxy) is 4. The zero-order chi connectivity index (χ0) is 29.6. The van der Waals surface area contributed by atoms with Gasteiger partial charge in [-0.05, 0) is 49.3 Å². The van der Waals surface area contributed by atoms with Crippen LogP contribution in [0.5, 0.6) is 11.8 Å². The molecule has 0 unspecified atom stereocenters. The van der Waals surface area contributed by atoms with E-state index in [1.165, 1.54) is 13.2 Å². The van der Waals surface area contributed by atoms with Crippen molar-refractivity contribution in [2.75, 3.05) is 45.2 Å². The SMILES string of the molecule is C#Cc1c(F)ccc2cc(OCOC)cc(-c3ncc4c(N5CCCCCN5)nc(OCC56COC(C5)C6)nc4c3F)c12. The molecule has 0 atom stereocenters. The predicted octanol–water partition coefficient (Wildman–Crippen LogP) is 5.14. The number of fused-ring (bicyclic) bond motifs is 3. The standard InChI is InChI=1S/C32H31F2N5O4/c1-3-22-25(33)8-7-19-11-20(43-18-40-2)12-23(26(19)22)28-27(34)29-24(15-35-28)30(39-10-6-4-5-9-36-39)38-31(37-29)42-17-32-13-21(14-32)41-16-32/h1,7-8,11-12,15,21,36H,4-6,9-10,13-14,16-18H2,2H3. The normalized spacial score (nSPS) is 21.4. The molecular formula is C32H31F2N5O4. The molecule has 2 aromatic carbocycles. The first-order chi connectivity index (χ1) is 21.0. The molecule has 11 heteroatoms. The second-order valence-corrected chi connectivity index (χ2v) is 11.4. The van der Waals surface area contributed by atoms with Crippen molar-refractivity contribution in [3.63, 3.8) is 0 Å². The van der Waals surface area contributed by atoms with Gasteiger partial charge in [-0.1, -0.05) is 18.4 Å². The molecule has 3 aliphatic heterocycles. The van der Waals surface area contributed by atoms with Crippen LogP contribution in [0.15, 0.2) is 30.5 Å². The Labute approximate surface area is 247 Å². The maximum atomic E-state index is 16.8. The predicted molar refractivity (Wildman–Crippen MR) is 157 cm³/mol. The zero-order valence-corrected chi connectivity index (χ0v) is 23.8. The van der Waals surface area contributed by atoms with Crippen molar-refractivity contribution in [1.82, 2.24) is 20.4 Å². The Hall–Kier alpha value is -4.11. The molecule has 0 radical (unpaired) electrons. The van der Waals surface area contributed by atoms with Crippen molar-refractivity contribution >= 4 is 27.5 Å². The van der Waals surface area contributed by atoms with E-state index in [1.807, 2.05) is 5.01 Å². The number of anilines is 1. The zero-order valence-electron chi connectivity index (χ0n) is 23.8. The van der Waals surface area contributed by atoms with Crippen LogP contribution in [0.1, 0.15) is 37.7 Å². The quantitative estimate of drug-likeness (QED) is 0.222. The largest absolute Gasteiger partial charge is 0.468 e. The Kier molecular flexibility index (Phi) is 7.21. The molecule has 222 valence electrons. The van der Waals surface area contributed by atoms with Gasteiger partial charge in [-0.15, -0.1) is 6.42 Å². The summed E-state index contributed by atoms with van der Waals surface area (Å²) in [6.07, 6.45) is 12.5. The highest BCUT2D eigenvalue weighted by Gasteiger charge is 2.52. The molecule has 2 aromatic heterocycles.